The minimum Gasteiger partial charge on any atom is -0.378 e. The van der Waals surface area contributed by atoms with Gasteiger partial charge in [0.25, 0.3) is 15.9 Å². The van der Waals surface area contributed by atoms with Gasteiger partial charge in [0.1, 0.15) is 11.6 Å². The molecule has 0 spiro atoms. The van der Waals surface area contributed by atoms with E-state index in [9.17, 15) is 28.1 Å². The Hall–Kier alpha value is -4.00. The zero-order chi connectivity index (χ0) is 32.5. The Balaban J connectivity index is 1.51. The highest BCUT2D eigenvalue weighted by Gasteiger charge is 2.52. The fourth-order valence-electron chi connectivity index (χ4n) is 5.46. The van der Waals surface area contributed by atoms with Crippen LogP contribution in [0.3, 0.4) is 0 Å². The van der Waals surface area contributed by atoms with Crippen LogP contribution in [0.25, 0.3) is 0 Å². The largest absolute Gasteiger partial charge is 0.378 e. The summed E-state index contributed by atoms with van der Waals surface area (Å²) in [6.07, 6.45) is 0.790. The highest BCUT2D eigenvalue weighted by atomic mass is 35.5. The van der Waals surface area contributed by atoms with Crippen molar-refractivity contribution in [2.24, 2.45) is 5.73 Å². The number of carbonyl (C=O) groups is 3. The number of nitrogens with two attached hydrogens (primary N) is 1. The number of hydrogen-bond donors (Lipinski definition) is 2. The lowest BCUT2D eigenvalue weighted by Gasteiger charge is -2.28. The summed E-state index contributed by atoms with van der Waals surface area (Å²) in [5.74, 6) is -1.77. The number of ether oxygens (including phenoxy) is 1. The Morgan fingerprint density at radius 1 is 1.16 bits per heavy atom. The third-order valence-corrected chi connectivity index (χ3v) is 9.60. The van der Waals surface area contributed by atoms with Gasteiger partial charge in [-0.1, -0.05) is 35.3 Å². The van der Waals surface area contributed by atoms with E-state index in [-0.39, 0.29) is 46.9 Å². The van der Waals surface area contributed by atoms with Crippen molar-refractivity contribution >= 4 is 62.6 Å². The van der Waals surface area contributed by atoms with Crippen LogP contribution in [-0.2, 0) is 41.1 Å². The van der Waals surface area contributed by atoms with Crippen molar-refractivity contribution in [2.45, 2.75) is 42.8 Å². The number of nitrogens with one attached hydrogen (secondary N) is 1. The lowest BCUT2D eigenvalue weighted by molar-refractivity contribution is -0.135. The van der Waals surface area contributed by atoms with Crippen molar-refractivity contribution in [3.8, 4) is 6.07 Å². The van der Waals surface area contributed by atoms with E-state index in [0.29, 0.717) is 37.4 Å². The van der Waals surface area contributed by atoms with Crippen molar-refractivity contribution in [3.05, 3.63) is 69.8 Å². The average Bonchev–Trinajstić information content (AvgIpc) is 3.53. The SMILES string of the molecule is CC1(Cc2ccc(C#N)cc2)C(=O)N(c2cc(Cl)cc(Cl)c2)c2ncc(S(=O)(=O)NC(CCC(=O)N3CCOCC3)C(N)=O)n21. The Kier molecular flexibility index (Phi) is 9.20. The van der Waals surface area contributed by atoms with E-state index >= 15 is 0 Å². The molecular weight excluding hydrogens is 645 g/mol. The number of rotatable bonds is 10. The molecule has 2 aliphatic rings. The second-order valence-electron chi connectivity index (χ2n) is 10.9. The maximum Gasteiger partial charge on any atom is 0.260 e. The van der Waals surface area contributed by atoms with Crippen LogP contribution >= 0.6 is 23.2 Å². The van der Waals surface area contributed by atoms with Crippen molar-refractivity contribution in [2.75, 3.05) is 31.2 Å². The molecule has 13 nitrogen and oxygen atoms in total. The average molecular weight is 675 g/mol. The summed E-state index contributed by atoms with van der Waals surface area (Å²) >= 11 is 12.5. The molecule has 45 heavy (non-hydrogen) atoms. The van der Waals surface area contributed by atoms with Gasteiger partial charge in [0.15, 0.2) is 5.03 Å². The normalized spacial score (nSPS) is 18.8. The number of halogens is 2. The van der Waals surface area contributed by atoms with Gasteiger partial charge >= 0.3 is 0 Å². The number of primary amides is 1. The number of anilines is 2. The van der Waals surface area contributed by atoms with Crippen LogP contribution in [0.15, 0.2) is 53.7 Å². The lowest BCUT2D eigenvalue weighted by Crippen LogP contribution is -2.47. The van der Waals surface area contributed by atoms with Gasteiger partial charge in [0, 0.05) is 36.0 Å². The van der Waals surface area contributed by atoms with Gasteiger partial charge in [0.05, 0.1) is 36.7 Å². The minimum absolute atomic E-state index is 0.0154. The molecule has 1 fully saturated rings. The van der Waals surface area contributed by atoms with Gasteiger partial charge in [-0.3, -0.25) is 19.0 Å². The lowest BCUT2D eigenvalue weighted by atomic mass is 9.91. The Labute approximate surface area is 269 Å². The molecule has 0 saturated carbocycles. The molecule has 2 atom stereocenters. The fraction of sp³-hybridized carbons (Fsp3) is 0.345. The first-order chi connectivity index (χ1) is 21.3. The molecule has 3 aromatic rings. The van der Waals surface area contributed by atoms with Gasteiger partial charge in [-0.25, -0.2) is 18.3 Å². The summed E-state index contributed by atoms with van der Waals surface area (Å²) in [4.78, 5) is 46.4. The predicted octanol–water partition coefficient (Wildman–Crippen LogP) is 2.47. The summed E-state index contributed by atoms with van der Waals surface area (Å²) in [5, 5.41) is 9.30. The van der Waals surface area contributed by atoms with Crippen LogP contribution in [0.4, 0.5) is 11.6 Å². The van der Waals surface area contributed by atoms with Crippen molar-refractivity contribution in [1.29, 1.82) is 5.26 Å². The van der Waals surface area contributed by atoms with E-state index in [2.05, 4.69) is 9.71 Å². The topological polar surface area (TPSA) is 181 Å². The zero-order valence-electron chi connectivity index (χ0n) is 24.1. The van der Waals surface area contributed by atoms with Gasteiger partial charge in [-0.05, 0) is 49.2 Å². The molecule has 3 amide bonds. The molecule has 2 aromatic carbocycles. The molecular formula is C29H29Cl2N7O6S. The third kappa shape index (κ3) is 6.54. The third-order valence-electron chi connectivity index (χ3n) is 7.73. The number of imidazole rings is 1. The first-order valence-corrected chi connectivity index (χ1v) is 16.1. The number of fused-ring (bicyclic) bond motifs is 1. The molecule has 0 aliphatic carbocycles. The summed E-state index contributed by atoms with van der Waals surface area (Å²) in [7, 11) is -4.55. The van der Waals surface area contributed by atoms with Crippen LogP contribution in [0.1, 0.15) is 30.9 Å². The molecule has 3 N–H and O–H groups in total. The van der Waals surface area contributed by atoms with Crippen molar-refractivity contribution in [3.63, 3.8) is 0 Å². The number of nitriles is 1. The number of aromatic nitrogens is 2. The molecule has 0 radical (unpaired) electrons. The number of sulfonamides is 1. The van der Waals surface area contributed by atoms with Crippen LogP contribution in [0.2, 0.25) is 10.0 Å². The number of hydrogen-bond acceptors (Lipinski definition) is 8. The first-order valence-electron chi connectivity index (χ1n) is 13.9. The van der Waals surface area contributed by atoms with Crippen LogP contribution < -0.4 is 15.4 Å². The number of benzene rings is 2. The number of nitrogens with zero attached hydrogens (tertiary/aromatic N) is 5. The van der Waals surface area contributed by atoms with E-state index in [4.69, 9.17) is 33.7 Å². The minimum atomic E-state index is -4.55. The quantitative estimate of drug-likeness (QED) is 0.329. The summed E-state index contributed by atoms with van der Waals surface area (Å²) < 4.78 is 36.6. The maximum atomic E-state index is 14.2. The standard InChI is InChI=1S/C29H29Cl2N7O6S/c1-29(15-18-2-4-19(16-32)5-3-18)27(41)37(22-13-20(30)12-21(31)14-22)28-34-17-25(38(28)29)45(42,43)35-23(26(33)40)6-7-24(39)36-8-10-44-11-9-36/h2-5,12-14,17,23,35H,6-11,15H2,1H3,(H2,33,40). The first kappa shape index (κ1) is 32.4. The Bertz CT molecular complexity index is 1780. The highest BCUT2D eigenvalue weighted by Crippen LogP contribution is 2.44. The summed E-state index contributed by atoms with van der Waals surface area (Å²) in [6, 6.07) is 11.6. The maximum absolute atomic E-state index is 14.2. The van der Waals surface area contributed by atoms with E-state index < -0.39 is 38.4 Å². The molecule has 16 heteroatoms. The van der Waals surface area contributed by atoms with Gasteiger partial charge in [-0.2, -0.15) is 9.98 Å². The molecule has 2 unspecified atom stereocenters. The van der Waals surface area contributed by atoms with E-state index in [1.807, 2.05) is 6.07 Å². The predicted molar refractivity (Wildman–Crippen MR) is 164 cm³/mol. The monoisotopic (exact) mass is 673 g/mol. The molecule has 5 rings (SSSR count). The van der Waals surface area contributed by atoms with E-state index in [0.717, 1.165) is 6.20 Å². The van der Waals surface area contributed by atoms with Crippen molar-refractivity contribution in [1.82, 2.24) is 19.2 Å². The van der Waals surface area contributed by atoms with Crippen molar-refractivity contribution < 1.29 is 27.5 Å². The molecule has 236 valence electrons. The number of morpholine rings is 1. The van der Waals surface area contributed by atoms with E-state index in [1.165, 1.54) is 27.7 Å². The summed E-state index contributed by atoms with van der Waals surface area (Å²) in [5.41, 5.74) is 5.33. The van der Waals surface area contributed by atoms with Gasteiger partial charge in [0.2, 0.25) is 17.8 Å². The second-order valence-corrected chi connectivity index (χ2v) is 13.4. The van der Waals surface area contributed by atoms with Crippen LogP contribution in [-0.4, -0.2) is 72.9 Å². The number of carbonyl (C=O) groups excluding carboxylic acids is 3. The zero-order valence-corrected chi connectivity index (χ0v) is 26.4. The number of amides is 3. The smallest absolute Gasteiger partial charge is 0.260 e. The van der Waals surface area contributed by atoms with Crippen LogP contribution in [0, 0.1) is 11.3 Å². The fourth-order valence-corrected chi connectivity index (χ4v) is 7.42. The Morgan fingerprint density at radius 2 is 1.80 bits per heavy atom. The highest BCUT2D eigenvalue weighted by molar-refractivity contribution is 7.89. The van der Waals surface area contributed by atoms with Gasteiger partial charge in [-0.15, -0.1) is 0 Å². The molecule has 0 bridgehead atoms. The van der Waals surface area contributed by atoms with Crippen LogP contribution in [0.5, 0.6) is 0 Å². The second kappa shape index (κ2) is 12.8. The summed E-state index contributed by atoms with van der Waals surface area (Å²) in [6.45, 7) is 3.14. The molecule has 1 saturated heterocycles. The van der Waals surface area contributed by atoms with E-state index in [1.54, 1.807) is 36.1 Å². The van der Waals surface area contributed by atoms with Gasteiger partial charge < -0.3 is 15.4 Å². The molecule has 1 aromatic heterocycles. The molecule has 3 heterocycles. The Morgan fingerprint density at radius 3 is 2.40 bits per heavy atom. The molecule has 2 aliphatic heterocycles.